The largest absolute Gasteiger partial charge is 0.378 e. The van der Waals surface area contributed by atoms with Crippen molar-refractivity contribution in [3.05, 3.63) is 54.9 Å². The summed E-state index contributed by atoms with van der Waals surface area (Å²) < 4.78 is 5.45. The molecule has 2 aromatic carbocycles. The first kappa shape index (κ1) is 14.0. The van der Waals surface area contributed by atoms with E-state index >= 15 is 0 Å². The number of rotatable bonds is 3. The third-order valence-electron chi connectivity index (χ3n) is 4.05. The minimum absolute atomic E-state index is 0.769. The summed E-state index contributed by atoms with van der Waals surface area (Å²) in [5.74, 6) is 0.830. The van der Waals surface area contributed by atoms with Crippen molar-refractivity contribution in [2.75, 3.05) is 36.5 Å². The summed E-state index contributed by atoms with van der Waals surface area (Å²) in [6.07, 6.45) is 1.60. The molecule has 4 rings (SSSR count). The minimum atomic E-state index is 0.769. The van der Waals surface area contributed by atoms with Gasteiger partial charge in [-0.25, -0.2) is 9.97 Å². The highest BCUT2D eigenvalue weighted by molar-refractivity contribution is 5.91. The van der Waals surface area contributed by atoms with Gasteiger partial charge in [-0.3, -0.25) is 0 Å². The number of benzene rings is 2. The lowest BCUT2D eigenvalue weighted by Gasteiger charge is -2.30. The number of ether oxygens (including phenoxy) is 1. The van der Waals surface area contributed by atoms with Gasteiger partial charge in [0.15, 0.2) is 0 Å². The summed E-state index contributed by atoms with van der Waals surface area (Å²) in [7, 11) is 0. The molecule has 0 atom stereocenters. The molecule has 1 aromatic heterocycles. The summed E-state index contributed by atoms with van der Waals surface area (Å²) in [6, 6.07) is 16.3. The molecule has 0 spiro atoms. The van der Waals surface area contributed by atoms with Crippen LogP contribution in [0.4, 0.5) is 17.2 Å². The van der Waals surface area contributed by atoms with E-state index in [9.17, 15) is 0 Å². The number of anilines is 3. The van der Waals surface area contributed by atoms with Gasteiger partial charge >= 0.3 is 0 Å². The Morgan fingerprint density at radius 1 is 0.913 bits per heavy atom. The van der Waals surface area contributed by atoms with E-state index < -0.39 is 0 Å². The molecular formula is C18H18N4O. The number of aromatic nitrogens is 2. The average molecular weight is 306 g/mol. The van der Waals surface area contributed by atoms with Gasteiger partial charge in [-0.15, -0.1) is 0 Å². The van der Waals surface area contributed by atoms with E-state index in [1.807, 2.05) is 30.3 Å². The van der Waals surface area contributed by atoms with Gasteiger partial charge < -0.3 is 15.0 Å². The second-order valence-corrected chi connectivity index (χ2v) is 5.48. The molecule has 1 aliphatic rings. The highest BCUT2D eigenvalue weighted by Crippen LogP contribution is 2.30. The molecule has 5 heteroatoms. The lowest BCUT2D eigenvalue weighted by Crippen LogP contribution is -2.36. The molecule has 0 radical (unpaired) electrons. The standard InChI is InChI=1S/C18H18N4O/c1-2-6-15-14(5-1)18(20-13-19-15)21-16-7-3-4-8-17(16)22-9-11-23-12-10-22/h1-8,13H,9-12H2,(H,19,20,21). The van der Waals surface area contributed by atoms with E-state index in [1.165, 1.54) is 5.69 Å². The first-order chi connectivity index (χ1) is 11.4. The van der Waals surface area contributed by atoms with Crippen molar-refractivity contribution >= 4 is 28.1 Å². The van der Waals surface area contributed by atoms with E-state index in [4.69, 9.17) is 4.74 Å². The molecule has 1 aliphatic heterocycles. The Hall–Kier alpha value is -2.66. The number of nitrogens with one attached hydrogen (secondary N) is 1. The van der Waals surface area contributed by atoms with E-state index in [0.29, 0.717) is 0 Å². The predicted molar refractivity (Wildman–Crippen MR) is 92.3 cm³/mol. The van der Waals surface area contributed by atoms with Crippen LogP contribution >= 0.6 is 0 Å². The molecule has 0 unspecified atom stereocenters. The molecule has 0 saturated carbocycles. The number of morpholine rings is 1. The van der Waals surface area contributed by atoms with Crippen LogP contribution in [-0.4, -0.2) is 36.3 Å². The van der Waals surface area contributed by atoms with Crippen LogP contribution in [0.2, 0.25) is 0 Å². The van der Waals surface area contributed by atoms with Crippen LogP contribution in [0.5, 0.6) is 0 Å². The minimum Gasteiger partial charge on any atom is -0.378 e. The Balaban J connectivity index is 1.71. The zero-order valence-electron chi connectivity index (χ0n) is 12.8. The maximum absolute atomic E-state index is 5.45. The van der Waals surface area contributed by atoms with Crippen LogP contribution in [0.15, 0.2) is 54.9 Å². The van der Waals surface area contributed by atoms with E-state index in [-0.39, 0.29) is 0 Å². The monoisotopic (exact) mass is 306 g/mol. The molecular weight excluding hydrogens is 288 g/mol. The Kier molecular flexibility index (Phi) is 3.78. The molecule has 23 heavy (non-hydrogen) atoms. The van der Waals surface area contributed by atoms with Crippen LogP contribution < -0.4 is 10.2 Å². The van der Waals surface area contributed by atoms with Crippen molar-refractivity contribution < 1.29 is 4.74 Å². The second-order valence-electron chi connectivity index (χ2n) is 5.48. The van der Waals surface area contributed by atoms with Crippen LogP contribution in [0.25, 0.3) is 10.9 Å². The molecule has 0 aliphatic carbocycles. The molecule has 1 N–H and O–H groups in total. The number of nitrogens with zero attached hydrogens (tertiary/aromatic N) is 3. The normalized spacial score (nSPS) is 14.9. The molecule has 5 nitrogen and oxygen atoms in total. The molecule has 116 valence electrons. The van der Waals surface area contributed by atoms with Crippen molar-refractivity contribution in [2.24, 2.45) is 0 Å². The van der Waals surface area contributed by atoms with Crippen LogP contribution in [0.1, 0.15) is 0 Å². The smallest absolute Gasteiger partial charge is 0.141 e. The average Bonchev–Trinajstić information content (AvgIpc) is 2.63. The van der Waals surface area contributed by atoms with Gasteiger partial charge in [0.05, 0.1) is 30.1 Å². The number of fused-ring (bicyclic) bond motifs is 1. The Morgan fingerprint density at radius 2 is 1.70 bits per heavy atom. The summed E-state index contributed by atoms with van der Waals surface area (Å²) in [5, 5.41) is 4.50. The Bertz CT molecular complexity index is 809. The first-order valence-electron chi connectivity index (χ1n) is 7.80. The lowest BCUT2D eigenvalue weighted by atomic mass is 10.2. The number of hydrogen-bond donors (Lipinski definition) is 1. The summed E-state index contributed by atoms with van der Waals surface area (Å²) in [4.78, 5) is 11.1. The van der Waals surface area contributed by atoms with Gasteiger partial charge in [-0.05, 0) is 24.3 Å². The van der Waals surface area contributed by atoms with Gasteiger partial charge in [0, 0.05) is 18.5 Å². The number of hydrogen-bond acceptors (Lipinski definition) is 5. The maximum atomic E-state index is 5.45. The third kappa shape index (κ3) is 2.83. The Morgan fingerprint density at radius 3 is 2.61 bits per heavy atom. The molecule has 0 amide bonds. The van der Waals surface area contributed by atoms with Crippen LogP contribution in [-0.2, 0) is 4.74 Å². The maximum Gasteiger partial charge on any atom is 0.141 e. The van der Waals surface area contributed by atoms with E-state index in [2.05, 4.69) is 38.4 Å². The van der Waals surface area contributed by atoms with Crippen molar-refractivity contribution in [3.63, 3.8) is 0 Å². The highest BCUT2D eigenvalue weighted by atomic mass is 16.5. The van der Waals surface area contributed by atoms with Crippen LogP contribution in [0.3, 0.4) is 0 Å². The summed E-state index contributed by atoms with van der Waals surface area (Å²) in [6.45, 7) is 3.35. The highest BCUT2D eigenvalue weighted by Gasteiger charge is 2.15. The van der Waals surface area contributed by atoms with Gasteiger partial charge in [-0.2, -0.15) is 0 Å². The zero-order valence-corrected chi connectivity index (χ0v) is 12.8. The van der Waals surface area contributed by atoms with Gasteiger partial charge in [0.1, 0.15) is 12.1 Å². The van der Waals surface area contributed by atoms with Crippen LogP contribution in [0, 0.1) is 0 Å². The fourth-order valence-corrected chi connectivity index (χ4v) is 2.89. The van der Waals surface area contributed by atoms with Crippen molar-refractivity contribution in [1.82, 2.24) is 9.97 Å². The summed E-state index contributed by atoms with van der Waals surface area (Å²) >= 11 is 0. The third-order valence-corrected chi connectivity index (χ3v) is 4.05. The quantitative estimate of drug-likeness (QED) is 0.805. The van der Waals surface area contributed by atoms with Gasteiger partial charge in [0.2, 0.25) is 0 Å². The summed E-state index contributed by atoms with van der Waals surface area (Å²) in [5.41, 5.74) is 3.17. The predicted octanol–water partition coefficient (Wildman–Crippen LogP) is 3.21. The molecule has 3 aromatic rings. The first-order valence-corrected chi connectivity index (χ1v) is 7.80. The molecule has 1 fully saturated rings. The van der Waals surface area contributed by atoms with Crippen molar-refractivity contribution in [3.8, 4) is 0 Å². The fourth-order valence-electron chi connectivity index (χ4n) is 2.89. The SMILES string of the molecule is c1ccc(N2CCOCC2)c(Nc2ncnc3ccccc23)c1. The van der Waals surface area contributed by atoms with E-state index in [1.54, 1.807) is 6.33 Å². The van der Waals surface area contributed by atoms with E-state index in [0.717, 1.165) is 48.7 Å². The number of para-hydroxylation sites is 3. The van der Waals surface area contributed by atoms with Gasteiger partial charge in [-0.1, -0.05) is 24.3 Å². The zero-order chi connectivity index (χ0) is 15.5. The van der Waals surface area contributed by atoms with Gasteiger partial charge in [0.25, 0.3) is 0 Å². The molecule has 0 bridgehead atoms. The molecule has 2 heterocycles. The molecule has 1 saturated heterocycles. The topological polar surface area (TPSA) is 50.3 Å². The van der Waals surface area contributed by atoms with Crippen molar-refractivity contribution in [1.29, 1.82) is 0 Å². The fraction of sp³-hybridized carbons (Fsp3) is 0.222. The second kappa shape index (κ2) is 6.22. The lowest BCUT2D eigenvalue weighted by molar-refractivity contribution is 0.123. The van der Waals surface area contributed by atoms with Crippen molar-refractivity contribution in [2.45, 2.75) is 0 Å². The Labute approximate surface area is 134 Å².